The van der Waals surface area contributed by atoms with Crippen LogP contribution in [-0.2, 0) is 4.79 Å². The lowest BCUT2D eigenvalue weighted by atomic mass is 9.98. The van der Waals surface area contributed by atoms with Gasteiger partial charge >= 0.3 is 5.97 Å². The van der Waals surface area contributed by atoms with Crippen LogP contribution in [0.3, 0.4) is 0 Å². The number of anilines is 1. The molecule has 1 aliphatic rings. The Bertz CT molecular complexity index is 479. The zero-order valence-corrected chi connectivity index (χ0v) is 9.50. The molecular weight excluding hydrogens is 247 g/mol. The Balaban J connectivity index is 2.26. The van der Waals surface area contributed by atoms with Crippen LogP contribution in [0, 0.1) is 23.4 Å². The Morgan fingerprint density at radius 3 is 2.67 bits per heavy atom. The van der Waals surface area contributed by atoms with Crippen LogP contribution in [0.15, 0.2) is 12.1 Å². The second-order valence-electron chi connectivity index (χ2n) is 4.32. The number of hydrogen-bond acceptors (Lipinski definition) is 2. The molecule has 1 N–H and O–H groups in total. The molecule has 3 nitrogen and oxygen atoms in total. The predicted molar refractivity (Wildman–Crippen MR) is 58.9 cm³/mol. The highest BCUT2D eigenvalue weighted by Gasteiger charge is 2.28. The molecule has 0 aliphatic carbocycles. The second-order valence-corrected chi connectivity index (χ2v) is 4.32. The Morgan fingerprint density at radius 2 is 2.00 bits per heavy atom. The summed E-state index contributed by atoms with van der Waals surface area (Å²) in [6, 6.07) is 1.98. The lowest BCUT2D eigenvalue weighted by molar-refractivity contribution is -0.141. The standard InChI is InChI=1S/C12H12F3NO2/c13-8-3-4-9(11(15)10(8)14)16-5-1-2-7(6-16)12(17)18/h3-4,7H,1-2,5-6H2,(H,17,18). The Labute approximate surface area is 102 Å². The molecule has 1 fully saturated rings. The second kappa shape index (κ2) is 4.88. The maximum Gasteiger partial charge on any atom is 0.308 e. The third kappa shape index (κ3) is 2.27. The molecule has 1 unspecified atom stereocenters. The topological polar surface area (TPSA) is 40.5 Å². The maximum atomic E-state index is 13.6. The highest BCUT2D eigenvalue weighted by molar-refractivity contribution is 5.71. The van der Waals surface area contributed by atoms with Crippen molar-refractivity contribution in [3.05, 3.63) is 29.6 Å². The number of carboxylic acids is 1. The summed E-state index contributed by atoms with van der Waals surface area (Å²) in [5.41, 5.74) is -0.0835. The first-order chi connectivity index (χ1) is 8.50. The van der Waals surface area contributed by atoms with Crippen LogP contribution in [-0.4, -0.2) is 24.2 Å². The Hall–Kier alpha value is -1.72. The van der Waals surface area contributed by atoms with Gasteiger partial charge in [0.15, 0.2) is 17.5 Å². The van der Waals surface area contributed by atoms with Gasteiger partial charge in [0.1, 0.15) is 0 Å². The van der Waals surface area contributed by atoms with Gasteiger partial charge < -0.3 is 10.0 Å². The van der Waals surface area contributed by atoms with Gasteiger partial charge in [-0.05, 0) is 25.0 Å². The van der Waals surface area contributed by atoms with Crippen molar-refractivity contribution in [1.82, 2.24) is 0 Å². The molecule has 1 aromatic rings. The van der Waals surface area contributed by atoms with E-state index in [1.54, 1.807) is 0 Å². The summed E-state index contributed by atoms with van der Waals surface area (Å²) in [6.07, 6.45) is 1.09. The molecular formula is C12H12F3NO2. The van der Waals surface area contributed by atoms with Crippen molar-refractivity contribution in [2.24, 2.45) is 5.92 Å². The van der Waals surface area contributed by atoms with E-state index in [0.717, 1.165) is 12.1 Å². The van der Waals surface area contributed by atoms with Crippen LogP contribution in [0.1, 0.15) is 12.8 Å². The lowest BCUT2D eigenvalue weighted by Crippen LogP contribution is -2.39. The van der Waals surface area contributed by atoms with Gasteiger partial charge in [0.05, 0.1) is 11.6 Å². The number of rotatable bonds is 2. The molecule has 0 radical (unpaired) electrons. The fourth-order valence-electron chi connectivity index (χ4n) is 2.16. The fraction of sp³-hybridized carbons (Fsp3) is 0.417. The molecule has 1 atom stereocenters. The van der Waals surface area contributed by atoms with Crippen LogP contribution in [0.2, 0.25) is 0 Å². The molecule has 1 aromatic carbocycles. The van der Waals surface area contributed by atoms with Crippen molar-refractivity contribution in [1.29, 1.82) is 0 Å². The quantitative estimate of drug-likeness (QED) is 0.829. The summed E-state index contributed by atoms with van der Waals surface area (Å²) >= 11 is 0. The van der Waals surface area contributed by atoms with Gasteiger partial charge in [0.25, 0.3) is 0 Å². The van der Waals surface area contributed by atoms with E-state index >= 15 is 0 Å². The molecule has 1 aliphatic heterocycles. The third-order valence-corrected chi connectivity index (χ3v) is 3.13. The van der Waals surface area contributed by atoms with Gasteiger partial charge in [-0.15, -0.1) is 0 Å². The van der Waals surface area contributed by atoms with Crippen molar-refractivity contribution in [3.8, 4) is 0 Å². The van der Waals surface area contributed by atoms with Crippen LogP contribution in [0.5, 0.6) is 0 Å². The largest absolute Gasteiger partial charge is 0.481 e. The highest BCUT2D eigenvalue weighted by Crippen LogP contribution is 2.28. The van der Waals surface area contributed by atoms with Gasteiger partial charge in [-0.25, -0.2) is 13.2 Å². The third-order valence-electron chi connectivity index (χ3n) is 3.13. The first-order valence-corrected chi connectivity index (χ1v) is 5.62. The van der Waals surface area contributed by atoms with Crippen LogP contribution in [0.4, 0.5) is 18.9 Å². The fourth-order valence-corrected chi connectivity index (χ4v) is 2.16. The summed E-state index contributed by atoms with van der Waals surface area (Å²) in [6.45, 7) is 0.545. The lowest BCUT2D eigenvalue weighted by Gasteiger charge is -2.32. The molecule has 0 aromatic heterocycles. The molecule has 0 spiro atoms. The molecule has 0 amide bonds. The van der Waals surface area contributed by atoms with E-state index in [0.29, 0.717) is 19.4 Å². The molecule has 6 heteroatoms. The number of piperidine rings is 1. The minimum atomic E-state index is -1.52. The van der Waals surface area contributed by atoms with E-state index in [4.69, 9.17) is 5.11 Å². The van der Waals surface area contributed by atoms with E-state index in [1.807, 2.05) is 0 Å². The van der Waals surface area contributed by atoms with Gasteiger partial charge in [-0.3, -0.25) is 4.79 Å². The first-order valence-electron chi connectivity index (χ1n) is 5.62. The van der Waals surface area contributed by atoms with Gasteiger partial charge in [-0.2, -0.15) is 0 Å². The Kier molecular flexibility index (Phi) is 3.45. The molecule has 0 bridgehead atoms. The number of hydrogen-bond donors (Lipinski definition) is 1. The molecule has 1 heterocycles. The number of carboxylic acid groups (broad SMARTS) is 1. The van der Waals surface area contributed by atoms with Gasteiger partial charge in [0.2, 0.25) is 0 Å². The smallest absolute Gasteiger partial charge is 0.308 e. The SMILES string of the molecule is O=C(O)C1CCCN(c2ccc(F)c(F)c2F)C1. The van der Waals surface area contributed by atoms with Gasteiger partial charge in [0, 0.05) is 13.1 Å². The molecule has 1 saturated heterocycles. The van der Waals surface area contributed by atoms with Gasteiger partial charge in [-0.1, -0.05) is 0 Å². The summed E-state index contributed by atoms with van der Waals surface area (Å²) in [5.74, 6) is -5.59. The summed E-state index contributed by atoms with van der Waals surface area (Å²) in [5, 5.41) is 8.92. The first kappa shape index (κ1) is 12.7. The monoisotopic (exact) mass is 259 g/mol. The van der Waals surface area contributed by atoms with Crippen molar-refractivity contribution < 1.29 is 23.1 Å². The van der Waals surface area contributed by atoms with E-state index in [1.165, 1.54) is 4.90 Å². The average molecular weight is 259 g/mol. The van der Waals surface area contributed by atoms with E-state index < -0.39 is 29.3 Å². The summed E-state index contributed by atoms with van der Waals surface area (Å²) < 4.78 is 39.5. The van der Waals surface area contributed by atoms with Crippen molar-refractivity contribution >= 4 is 11.7 Å². The zero-order chi connectivity index (χ0) is 13.3. The maximum absolute atomic E-state index is 13.6. The van der Waals surface area contributed by atoms with Crippen molar-refractivity contribution in [3.63, 3.8) is 0 Å². The predicted octanol–water partition coefficient (Wildman–Crippen LogP) is 2.40. The number of aliphatic carboxylic acids is 1. The average Bonchev–Trinajstić information content (AvgIpc) is 2.36. The minimum Gasteiger partial charge on any atom is -0.481 e. The van der Waals surface area contributed by atoms with Crippen molar-refractivity contribution in [2.75, 3.05) is 18.0 Å². The molecule has 2 rings (SSSR count). The molecule has 18 heavy (non-hydrogen) atoms. The molecule has 98 valence electrons. The number of carbonyl (C=O) groups is 1. The summed E-state index contributed by atoms with van der Waals surface area (Å²) in [4.78, 5) is 12.3. The number of nitrogens with zero attached hydrogens (tertiary/aromatic N) is 1. The Morgan fingerprint density at radius 1 is 1.28 bits per heavy atom. The highest BCUT2D eigenvalue weighted by atomic mass is 19.2. The van der Waals surface area contributed by atoms with Crippen molar-refractivity contribution in [2.45, 2.75) is 12.8 Å². The van der Waals surface area contributed by atoms with E-state index in [9.17, 15) is 18.0 Å². The minimum absolute atomic E-state index is 0.0835. The molecule has 0 saturated carbocycles. The van der Waals surface area contributed by atoms with E-state index in [-0.39, 0.29) is 12.2 Å². The van der Waals surface area contributed by atoms with Crippen LogP contribution < -0.4 is 4.90 Å². The van der Waals surface area contributed by atoms with Crippen LogP contribution >= 0.6 is 0 Å². The summed E-state index contributed by atoms with van der Waals surface area (Å²) in [7, 11) is 0. The number of halogens is 3. The van der Waals surface area contributed by atoms with E-state index in [2.05, 4.69) is 0 Å². The number of benzene rings is 1. The normalized spacial score (nSPS) is 19.9. The zero-order valence-electron chi connectivity index (χ0n) is 9.50. The van der Waals surface area contributed by atoms with Crippen LogP contribution in [0.25, 0.3) is 0 Å².